The van der Waals surface area contributed by atoms with Crippen LogP contribution >= 0.6 is 0 Å². The molecule has 0 bridgehead atoms. The lowest BCUT2D eigenvalue weighted by Crippen LogP contribution is -2.40. The summed E-state index contributed by atoms with van der Waals surface area (Å²) in [6.45, 7) is 14.2. The van der Waals surface area contributed by atoms with Gasteiger partial charge in [-0.05, 0) is 80.2 Å². The van der Waals surface area contributed by atoms with Gasteiger partial charge in [0.2, 0.25) is 0 Å². The fourth-order valence-corrected chi connectivity index (χ4v) is 3.79. The highest BCUT2D eigenvalue weighted by Gasteiger charge is 2.46. The highest BCUT2D eigenvalue weighted by atomic mass is 16.5. The van der Waals surface area contributed by atoms with Gasteiger partial charge >= 0.3 is 0 Å². The molecule has 29 heavy (non-hydrogen) atoms. The molecule has 0 saturated heterocycles. The van der Waals surface area contributed by atoms with Crippen molar-refractivity contribution in [2.75, 3.05) is 0 Å². The van der Waals surface area contributed by atoms with E-state index in [2.05, 4.69) is 32.9 Å². The maximum atomic E-state index is 13.5. The predicted octanol–water partition coefficient (Wildman–Crippen LogP) is 6.57. The molecule has 0 amide bonds. The predicted molar refractivity (Wildman–Crippen MR) is 119 cm³/mol. The largest absolute Gasteiger partial charge is 0.493 e. The summed E-state index contributed by atoms with van der Waals surface area (Å²) in [7, 11) is 0. The second-order valence-electron chi connectivity index (χ2n) is 9.19. The van der Waals surface area contributed by atoms with Crippen LogP contribution in [0.15, 0.2) is 57.9 Å². The summed E-state index contributed by atoms with van der Waals surface area (Å²) in [6.07, 6.45) is 11.5. The number of carbonyl (C=O) groups excluding carboxylic acids is 2. The summed E-state index contributed by atoms with van der Waals surface area (Å²) >= 11 is 0. The SMILES string of the molecule is CC(C)=CCC/C(C)=C/CC1(C)C(=O)C(CC=C(C)C)=CC2=C1OC(C)CC2=O. The molecule has 0 fully saturated rings. The van der Waals surface area contributed by atoms with Crippen LogP contribution in [0, 0.1) is 5.41 Å². The zero-order valence-electron chi connectivity index (χ0n) is 19.1. The molecule has 2 atom stereocenters. The molecule has 0 saturated carbocycles. The van der Waals surface area contributed by atoms with Gasteiger partial charge in [0.15, 0.2) is 11.6 Å². The van der Waals surface area contributed by atoms with Crippen LogP contribution in [0.1, 0.15) is 80.6 Å². The molecule has 1 heterocycles. The molecule has 1 aliphatic heterocycles. The maximum absolute atomic E-state index is 13.5. The average molecular weight is 397 g/mol. The normalized spacial score (nSPS) is 24.6. The van der Waals surface area contributed by atoms with Crippen molar-refractivity contribution in [2.24, 2.45) is 5.41 Å². The average Bonchev–Trinajstić information content (AvgIpc) is 2.62. The van der Waals surface area contributed by atoms with Crippen molar-refractivity contribution in [1.29, 1.82) is 0 Å². The van der Waals surface area contributed by atoms with Gasteiger partial charge in [-0.3, -0.25) is 9.59 Å². The Bertz CT molecular complexity index is 824. The Labute approximate surface area is 176 Å². The highest BCUT2D eigenvalue weighted by molar-refractivity contribution is 6.10. The van der Waals surface area contributed by atoms with E-state index < -0.39 is 5.41 Å². The molecular formula is C26H36O3. The molecule has 3 heteroatoms. The molecule has 3 nitrogen and oxygen atoms in total. The molecule has 0 spiro atoms. The number of carbonyl (C=O) groups is 2. The number of hydrogen-bond donors (Lipinski definition) is 0. The Morgan fingerprint density at radius 2 is 1.76 bits per heavy atom. The van der Waals surface area contributed by atoms with Crippen LogP contribution in [0.3, 0.4) is 0 Å². The van der Waals surface area contributed by atoms with Crippen LogP contribution in [-0.2, 0) is 14.3 Å². The van der Waals surface area contributed by atoms with E-state index in [1.807, 2.05) is 33.8 Å². The third-order valence-corrected chi connectivity index (χ3v) is 5.63. The lowest BCUT2D eigenvalue weighted by molar-refractivity contribution is -0.127. The van der Waals surface area contributed by atoms with E-state index in [4.69, 9.17) is 4.74 Å². The summed E-state index contributed by atoms with van der Waals surface area (Å²) in [5.74, 6) is 0.723. The first-order valence-corrected chi connectivity index (χ1v) is 10.7. The van der Waals surface area contributed by atoms with Gasteiger partial charge in [-0.15, -0.1) is 0 Å². The summed E-state index contributed by atoms with van der Waals surface area (Å²) < 4.78 is 6.10. The van der Waals surface area contributed by atoms with Crippen molar-refractivity contribution in [3.63, 3.8) is 0 Å². The van der Waals surface area contributed by atoms with E-state index in [1.54, 1.807) is 6.08 Å². The molecule has 0 aromatic carbocycles. The van der Waals surface area contributed by atoms with E-state index in [-0.39, 0.29) is 17.7 Å². The van der Waals surface area contributed by atoms with Gasteiger partial charge in [0.05, 0.1) is 11.0 Å². The third kappa shape index (κ3) is 5.68. The summed E-state index contributed by atoms with van der Waals surface area (Å²) in [5, 5.41) is 0. The molecule has 2 rings (SSSR count). The van der Waals surface area contributed by atoms with Gasteiger partial charge in [-0.25, -0.2) is 0 Å². The zero-order valence-corrected chi connectivity index (χ0v) is 19.1. The van der Waals surface area contributed by atoms with Crippen molar-refractivity contribution in [1.82, 2.24) is 0 Å². The van der Waals surface area contributed by atoms with Crippen molar-refractivity contribution in [3.05, 3.63) is 57.9 Å². The van der Waals surface area contributed by atoms with Crippen LogP contribution in [-0.4, -0.2) is 17.7 Å². The van der Waals surface area contributed by atoms with Crippen molar-refractivity contribution in [2.45, 2.75) is 86.7 Å². The minimum atomic E-state index is -0.822. The highest BCUT2D eigenvalue weighted by Crippen LogP contribution is 2.45. The number of allylic oxidation sites excluding steroid dienone is 10. The van der Waals surface area contributed by atoms with Crippen LogP contribution in [0.4, 0.5) is 0 Å². The van der Waals surface area contributed by atoms with Gasteiger partial charge in [0.25, 0.3) is 0 Å². The fourth-order valence-electron chi connectivity index (χ4n) is 3.79. The van der Waals surface area contributed by atoms with Gasteiger partial charge in [0.1, 0.15) is 11.9 Å². The van der Waals surface area contributed by atoms with Crippen molar-refractivity contribution < 1.29 is 14.3 Å². The lowest BCUT2D eigenvalue weighted by Gasteiger charge is -2.39. The Hall–Kier alpha value is -2.16. The second-order valence-corrected chi connectivity index (χ2v) is 9.19. The Balaban J connectivity index is 2.37. The molecule has 158 valence electrons. The first-order valence-electron chi connectivity index (χ1n) is 10.7. The fraction of sp³-hybridized carbons (Fsp3) is 0.538. The van der Waals surface area contributed by atoms with Crippen LogP contribution < -0.4 is 0 Å². The van der Waals surface area contributed by atoms with Crippen LogP contribution in [0.5, 0.6) is 0 Å². The molecule has 2 unspecified atom stereocenters. The Morgan fingerprint density at radius 1 is 1.10 bits per heavy atom. The van der Waals surface area contributed by atoms with E-state index in [0.717, 1.165) is 18.4 Å². The molecule has 0 aromatic heterocycles. The standard InChI is InChI=1S/C26H36O3/c1-17(2)9-8-10-19(5)13-14-26(7)24(28)21(12-11-18(3)4)16-22-23(27)15-20(6)29-25(22)26/h9,11,13,16,20H,8,10,12,14-15H2,1-7H3/b19-13+. The summed E-state index contributed by atoms with van der Waals surface area (Å²) in [5.41, 5.74) is 4.22. The zero-order chi connectivity index (χ0) is 21.8. The molecular weight excluding hydrogens is 360 g/mol. The molecule has 2 aliphatic rings. The third-order valence-electron chi connectivity index (χ3n) is 5.63. The maximum Gasteiger partial charge on any atom is 0.172 e. The van der Waals surface area contributed by atoms with E-state index in [9.17, 15) is 9.59 Å². The number of Topliss-reactive ketones (excluding diaryl/α,β-unsaturated/α-hetero) is 2. The monoisotopic (exact) mass is 396 g/mol. The van der Waals surface area contributed by atoms with Crippen LogP contribution in [0.25, 0.3) is 0 Å². The van der Waals surface area contributed by atoms with Gasteiger partial charge in [0, 0.05) is 12.0 Å². The Kier molecular flexibility index (Phi) is 7.62. The van der Waals surface area contributed by atoms with Gasteiger partial charge in [-0.1, -0.05) is 34.9 Å². The first kappa shape index (κ1) is 23.1. The van der Waals surface area contributed by atoms with Crippen LogP contribution in [0.2, 0.25) is 0 Å². The van der Waals surface area contributed by atoms with E-state index >= 15 is 0 Å². The minimum Gasteiger partial charge on any atom is -0.493 e. The summed E-state index contributed by atoms with van der Waals surface area (Å²) in [6, 6.07) is 0. The second kappa shape index (κ2) is 9.56. The van der Waals surface area contributed by atoms with Crippen molar-refractivity contribution in [3.8, 4) is 0 Å². The van der Waals surface area contributed by atoms with E-state index in [1.165, 1.54) is 11.1 Å². The minimum absolute atomic E-state index is 0.0731. The number of hydrogen-bond acceptors (Lipinski definition) is 3. The molecule has 0 radical (unpaired) electrons. The first-order chi connectivity index (χ1) is 13.5. The lowest BCUT2D eigenvalue weighted by atomic mass is 9.70. The summed E-state index contributed by atoms with van der Waals surface area (Å²) in [4.78, 5) is 26.2. The smallest absolute Gasteiger partial charge is 0.172 e. The Morgan fingerprint density at radius 3 is 2.38 bits per heavy atom. The van der Waals surface area contributed by atoms with E-state index in [0.29, 0.717) is 36.2 Å². The molecule has 1 aliphatic carbocycles. The quantitative estimate of drug-likeness (QED) is 0.457. The van der Waals surface area contributed by atoms with Gasteiger partial charge < -0.3 is 4.74 Å². The number of ether oxygens (including phenoxy) is 1. The molecule has 0 aromatic rings. The van der Waals surface area contributed by atoms with Crippen molar-refractivity contribution >= 4 is 11.6 Å². The van der Waals surface area contributed by atoms with Gasteiger partial charge in [-0.2, -0.15) is 0 Å². The topological polar surface area (TPSA) is 43.4 Å². The molecule has 0 N–H and O–H groups in total. The number of rotatable bonds is 7. The number of ketones is 2.